The number of aryl methyl sites for hydroxylation is 2. The van der Waals surface area contributed by atoms with E-state index in [1.165, 1.54) is 17.5 Å². The van der Waals surface area contributed by atoms with Crippen LogP contribution < -0.4 is 0 Å². The SMILES string of the molecule is Cc1ccc(C[C@@H]2CCCN(C(=O)c3csc(C)n3)C2)cc1. The number of likely N-dealkylation sites (tertiary alicyclic amines) is 1. The van der Waals surface area contributed by atoms with E-state index in [9.17, 15) is 4.79 Å². The number of hydrogen-bond donors (Lipinski definition) is 0. The zero-order chi connectivity index (χ0) is 15.5. The van der Waals surface area contributed by atoms with Gasteiger partial charge >= 0.3 is 0 Å². The highest BCUT2D eigenvalue weighted by Gasteiger charge is 2.25. The van der Waals surface area contributed by atoms with Gasteiger partial charge in [0.15, 0.2) is 0 Å². The molecule has 0 unspecified atom stereocenters. The van der Waals surface area contributed by atoms with Gasteiger partial charge in [0.05, 0.1) is 5.01 Å². The first kappa shape index (κ1) is 15.2. The Morgan fingerprint density at radius 2 is 2.09 bits per heavy atom. The molecule has 0 spiro atoms. The topological polar surface area (TPSA) is 33.2 Å². The highest BCUT2D eigenvalue weighted by Crippen LogP contribution is 2.23. The van der Waals surface area contributed by atoms with Crippen molar-refractivity contribution in [2.45, 2.75) is 33.1 Å². The smallest absolute Gasteiger partial charge is 0.273 e. The summed E-state index contributed by atoms with van der Waals surface area (Å²) in [5.74, 6) is 0.651. The van der Waals surface area contributed by atoms with Crippen LogP contribution >= 0.6 is 11.3 Å². The molecule has 4 heteroatoms. The Kier molecular flexibility index (Phi) is 4.57. The van der Waals surface area contributed by atoms with Crippen LogP contribution in [0.2, 0.25) is 0 Å². The first-order valence-corrected chi connectivity index (χ1v) is 8.77. The summed E-state index contributed by atoms with van der Waals surface area (Å²) in [6, 6.07) is 8.75. The van der Waals surface area contributed by atoms with E-state index >= 15 is 0 Å². The molecule has 2 aromatic rings. The molecule has 2 heterocycles. The minimum absolute atomic E-state index is 0.0953. The Hall–Kier alpha value is -1.68. The lowest BCUT2D eigenvalue weighted by Crippen LogP contribution is -2.40. The fourth-order valence-corrected chi connectivity index (χ4v) is 3.68. The molecule has 116 valence electrons. The van der Waals surface area contributed by atoms with Crippen molar-refractivity contribution >= 4 is 17.2 Å². The highest BCUT2D eigenvalue weighted by molar-refractivity contribution is 7.09. The van der Waals surface area contributed by atoms with Gasteiger partial charge in [0.2, 0.25) is 0 Å². The van der Waals surface area contributed by atoms with Crippen LogP contribution in [0, 0.1) is 19.8 Å². The van der Waals surface area contributed by atoms with Crippen LogP contribution in [0.3, 0.4) is 0 Å². The second kappa shape index (κ2) is 6.61. The summed E-state index contributed by atoms with van der Waals surface area (Å²) in [5.41, 5.74) is 3.27. The minimum Gasteiger partial charge on any atom is -0.337 e. The number of rotatable bonds is 3. The Balaban J connectivity index is 1.63. The minimum atomic E-state index is 0.0953. The molecule has 3 rings (SSSR count). The number of piperidine rings is 1. The number of carbonyl (C=O) groups is 1. The molecule has 1 atom stereocenters. The zero-order valence-electron chi connectivity index (χ0n) is 13.2. The number of benzene rings is 1. The molecule has 22 heavy (non-hydrogen) atoms. The fourth-order valence-electron chi connectivity index (χ4n) is 3.10. The van der Waals surface area contributed by atoms with Crippen LogP contribution in [0.4, 0.5) is 0 Å². The maximum Gasteiger partial charge on any atom is 0.273 e. The predicted molar refractivity (Wildman–Crippen MR) is 90.4 cm³/mol. The molecule has 1 saturated heterocycles. The summed E-state index contributed by atoms with van der Waals surface area (Å²) >= 11 is 1.54. The third kappa shape index (κ3) is 3.55. The Morgan fingerprint density at radius 1 is 1.32 bits per heavy atom. The van der Waals surface area contributed by atoms with E-state index < -0.39 is 0 Å². The van der Waals surface area contributed by atoms with Crippen LogP contribution in [0.25, 0.3) is 0 Å². The van der Waals surface area contributed by atoms with Crippen molar-refractivity contribution in [1.82, 2.24) is 9.88 Å². The van der Waals surface area contributed by atoms with E-state index in [0.717, 1.165) is 30.9 Å². The molecule has 0 aliphatic carbocycles. The average molecular weight is 314 g/mol. The lowest BCUT2D eigenvalue weighted by atomic mass is 9.91. The normalized spacial score (nSPS) is 18.5. The number of thiazole rings is 1. The van der Waals surface area contributed by atoms with Crippen LogP contribution in [0.5, 0.6) is 0 Å². The molecule has 1 aromatic heterocycles. The van der Waals surface area contributed by atoms with Crippen molar-refractivity contribution in [2.24, 2.45) is 5.92 Å². The van der Waals surface area contributed by atoms with E-state index in [0.29, 0.717) is 11.6 Å². The van der Waals surface area contributed by atoms with Crippen molar-refractivity contribution in [2.75, 3.05) is 13.1 Å². The van der Waals surface area contributed by atoms with Gasteiger partial charge in [0, 0.05) is 18.5 Å². The Bertz CT molecular complexity index is 647. The van der Waals surface area contributed by atoms with Gasteiger partial charge in [-0.1, -0.05) is 29.8 Å². The summed E-state index contributed by atoms with van der Waals surface area (Å²) in [4.78, 5) is 18.8. The number of amides is 1. The van der Waals surface area contributed by atoms with Crippen LogP contribution in [-0.2, 0) is 6.42 Å². The van der Waals surface area contributed by atoms with E-state index in [1.54, 1.807) is 11.3 Å². The lowest BCUT2D eigenvalue weighted by molar-refractivity contribution is 0.0668. The third-order valence-corrected chi connectivity index (χ3v) is 5.06. The molecule has 1 aliphatic heterocycles. The predicted octanol–water partition coefficient (Wildman–Crippen LogP) is 3.85. The number of nitrogens with zero attached hydrogens (tertiary/aromatic N) is 2. The maximum absolute atomic E-state index is 12.5. The summed E-state index contributed by atoms with van der Waals surface area (Å²) in [7, 11) is 0. The number of aromatic nitrogens is 1. The zero-order valence-corrected chi connectivity index (χ0v) is 14.0. The summed E-state index contributed by atoms with van der Waals surface area (Å²) in [6.45, 7) is 5.77. The molecule has 1 fully saturated rings. The summed E-state index contributed by atoms with van der Waals surface area (Å²) in [5, 5.41) is 2.83. The van der Waals surface area contributed by atoms with E-state index in [-0.39, 0.29) is 5.91 Å². The molecule has 1 aromatic carbocycles. The first-order chi connectivity index (χ1) is 10.6. The van der Waals surface area contributed by atoms with Gasteiger partial charge in [-0.15, -0.1) is 11.3 Å². The maximum atomic E-state index is 12.5. The fraction of sp³-hybridized carbons (Fsp3) is 0.444. The van der Waals surface area contributed by atoms with E-state index in [4.69, 9.17) is 0 Å². The largest absolute Gasteiger partial charge is 0.337 e. The molecule has 0 N–H and O–H groups in total. The van der Waals surface area contributed by atoms with Crippen molar-refractivity contribution in [3.63, 3.8) is 0 Å². The second-order valence-corrected chi connectivity index (χ2v) is 7.26. The lowest BCUT2D eigenvalue weighted by Gasteiger charge is -2.32. The summed E-state index contributed by atoms with van der Waals surface area (Å²) in [6.07, 6.45) is 3.35. The molecule has 0 bridgehead atoms. The van der Waals surface area contributed by atoms with E-state index in [1.807, 2.05) is 17.2 Å². The van der Waals surface area contributed by atoms with E-state index in [2.05, 4.69) is 36.2 Å². The van der Waals surface area contributed by atoms with Crippen molar-refractivity contribution in [1.29, 1.82) is 0 Å². The van der Waals surface area contributed by atoms with Gasteiger partial charge in [0.25, 0.3) is 5.91 Å². The van der Waals surface area contributed by atoms with Gasteiger partial charge < -0.3 is 4.90 Å². The van der Waals surface area contributed by atoms with Gasteiger partial charge in [-0.3, -0.25) is 4.79 Å². The van der Waals surface area contributed by atoms with Gasteiger partial charge in [-0.05, 0) is 44.6 Å². The quantitative estimate of drug-likeness (QED) is 0.862. The van der Waals surface area contributed by atoms with Gasteiger partial charge in [-0.25, -0.2) is 4.98 Å². The van der Waals surface area contributed by atoms with Gasteiger partial charge in [0.1, 0.15) is 5.69 Å². The Morgan fingerprint density at radius 3 is 2.77 bits per heavy atom. The molecular weight excluding hydrogens is 292 g/mol. The van der Waals surface area contributed by atoms with Crippen molar-refractivity contribution < 1.29 is 4.79 Å². The van der Waals surface area contributed by atoms with Crippen LogP contribution in [0.1, 0.15) is 39.5 Å². The first-order valence-electron chi connectivity index (χ1n) is 7.89. The third-order valence-electron chi connectivity index (χ3n) is 4.29. The number of hydrogen-bond acceptors (Lipinski definition) is 3. The van der Waals surface area contributed by atoms with Crippen LogP contribution in [-0.4, -0.2) is 28.9 Å². The molecule has 1 aliphatic rings. The highest BCUT2D eigenvalue weighted by atomic mass is 32.1. The molecular formula is C18H22N2OS. The average Bonchev–Trinajstić information content (AvgIpc) is 2.96. The standard InChI is InChI=1S/C18H22N2OS/c1-13-5-7-15(8-6-13)10-16-4-3-9-20(11-16)18(21)17-12-22-14(2)19-17/h5-8,12,16H,3-4,9-11H2,1-2H3/t16-/m0/s1. The van der Waals surface area contributed by atoms with Crippen LogP contribution in [0.15, 0.2) is 29.6 Å². The van der Waals surface area contributed by atoms with Gasteiger partial charge in [-0.2, -0.15) is 0 Å². The molecule has 0 saturated carbocycles. The monoisotopic (exact) mass is 314 g/mol. The molecule has 1 amide bonds. The van der Waals surface area contributed by atoms with Crippen molar-refractivity contribution in [3.8, 4) is 0 Å². The Labute approximate surface area is 136 Å². The molecule has 0 radical (unpaired) electrons. The second-order valence-electron chi connectivity index (χ2n) is 6.20. The number of carbonyl (C=O) groups excluding carboxylic acids is 1. The summed E-state index contributed by atoms with van der Waals surface area (Å²) < 4.78 is 0. The molecule has 3 nitrogen and oxygen atoms in total. The van der Waals surface area contributed by atoms with Crippen molar-refractivity contribution in [3.05, 3.63) is 51.5 Å².